The van der Waals surface area contributed by atoms with Crippen LogP contribution < -0.4 is 10.5 Å². The van der Waals surface area contributed by atoms with Gasteiger partial charge in [-0.2, -0.15) is 0 Å². The van der Waals surface area contributed by atoms with Crippen molar-refractivity contribution in [2.75, 3.05) is 7.11 Å². The molecule has 4 N–H and O–H groups in total. The summed E-state index contributed by atoms with van der Waals surface area (Å²) >= 11 is 11.8. The van der Waals surface area contributed by atoms with Crippen LogP contribution in [-0.2, 0) is 11.2 Å². The van der Waals surface area contributed by atoms with Gasteiger partial charge in [0, 0.05) is 17.5 Å². The highest BCUT2D eigenvalue weighted by atomic mass is 35.5. The maximum Gasteiger partial charge on any atom is 0.320 e. The Kier molecular flexibility index (Phi) is 4.45. The number of phenolic OH excluding ortho intramolecular Hbond substituents is 1. The Bertz CT molecular complexity index is 450. The van der Waals surface area contributed by atoms with Crippen LogP contribution in [0.25, 0.3) is 0 Å². The predicted octanol–water partition coefficient (Wildman–Crippen LogP) is 1.66. The lowest BCUT2D eigenvalue weighted by Gasteiger charge is -2.13. The van der Waals surface area contributed by atoms with Crippen molar-refractivity contribution in [3.8, 4) is 11.5 Å². The molecule has 7 heteroatoms. The lowest BCUT2D eigenvalue weighted by atomic mass is 10.1. The van der Waals surface area contributed by atoms with Gasteiger partial charge in [-0.3, -0.25) is 4.79 Å². The second-order valence-electron chi connectivity index (χ2n) is 3.35. The Labute approximate surface area is 108 Å². The van der Waals surface area contributed by atoms with E-state index in [-0.39, 0.29) is 33.5 Å². The van der Waals surface area contributed by atoms with Gasteiger partial charge in [0.1, 0.15) is 6.04 Å². The van der Waals surface area contributed by atoms with E-state index >= 15 is 0 Å². The number of methoxy groups -OCH3 is 1. The van der Waals surface area contributed by atoms with Crippen LogP contribution >= 0.6 is 23.2 Å². The Morgan fingerprint density at radius 1 is 1.59 bits per heavy atom. The molecule has 5 nitrogen and oxygen atoms in total. The fraction of sp³-hybridized carbons (Fsp3) is 0.300. The predicted molar refractivity (Wildman–Crippen MR) is 64.0 cm³/mol. The zero-order valence-electron chi connectivity index (χ0n) is 8.91. The first kappa shape index (κ1) is 13.9. The van der Waals surface area contributed by atoms with Gasteiger partial charge in [-0.1, -0.05) is 23.2 Å². The third-order valence-electron chi connectivity index (χ3n) is 2.21. The van der Waals surface area contributed by atoms with E-state index in [0.29, 0.717) is 0 Å². The van der Waals surface area contributed by atoms with Crippen LogP contribution in [0.2, 0.25) is 10.0 Å². The molecule has 0 aromatic heterocycles. The zero-order chi connectivity index (χ0) is 13.2. The highest BCUT2D eigenvalue weighted by Crippen LogP contribution is 2.40. The molecule has 0 spiro atoms. The number of carboxylic acids is 1. The van der Waals surface area contributed by atoms with Crippen molar-refractivity contribution in [1.82, 2.24) is 0 Å². The first-order chi connectivity index (χ1) is 7.88. The second kappa shape index (κ2) is 5.44. The number of phenols is 1. The van der Waals surface area contributed by atoms with E-state index in [2.05, 4.69) is 0 Å². The average Bonchev–Trinajstić information content (AvgIpc) is 2.28. The summed E-state index contributed by atoms with van der Waals surface area (Å²) in [6, 6.07) is 0.213. The maximum absolute atomic E-state index is 10.6. The van der Waals surface area contributed by atoms with Crippen molar-refractivity contribution in [1.29, 1.82) is 0 Å². The summed E-state index contributed by atoms with van der Waals surface area (Å²) in [5, 5.41) is 18.5. The molecule has 1 atom stereocenters. The molecule has 0 aliphatic heterocycles. The lowest BCUT2D eigenvalue weighted by molar-refractivity contribution is -0.138. The summed E-state index contributed by atoms with van der Waals surface area (Å²) in [7, 11) is 1.35. The second-order valence-corrected chi connectivity index (χ2v) is 4.14. The van der Waals surface area contributed by atoms with Gasteiger partial charge in [0.05, 0.1) is 12.1 Å². The molecule has 0 fully saturated rings. The van der Waals surface area contributed by atoms with Gasteiger partial charge in [0.2, 0.25) is 0 Å². The minimum atomic E-state index is -1.17. The van der Waals surface area contributed by atoms with Gasteiger partial charge in [0.25, 0.3) is 0 Å². The Hall–Kier alpha value is -1.17. The van der Waals surface area contributed by atoms with Gasteiger partial charge >= 0.3 is 5.97 Å². The van der Waals surface area contributed by atoms with E-state index in [1.807, 2.05) is 0 Å². The highest BCUT2D eigenvalue weighted by Gasteiger charge is 2.20. The number of nitrogens with two attached hydrogens (primary N) is 1. The summed E-state index contributed by atoms with van der Waals surface area (Å²) in [6.07, 6.45) is -0.0788. The molecule has 1 aromatic rings. The van der Waals surface area contributed by atoms with Crippen LogP contribution in [0.5, 0.6) is 11.5 Å². The van der Waals surface area contributed by atoms with E-state index < -0.39 is 12.0 Å². The molecule has 0 saturated carbocycles. The molecule has 1 aromatic carbocycles. The minimum absolute atomic E-state index is 0.0500. The van der Waals surface area contributed by atoms with Gasteiger partial charge in [0.15, 0.2) is 11.5 Å². The Morgan fingerprint density at radius 2 is 2.18 bits per heavy atom. The molecule has 0 radical (unpaired) electrons. The first-order valence-corrected chi connectivity index (χ1v) is 5.36. The van der Waals surface area contributed by atoms with E-state index in [1.165, 1.54) is 13.2 Å². The van der Waals surface area contributed by atoms with Crippen LogP contribution in [0, 0.1) is 0 Å². The summed E-state index contributed by atoms with van der Waals surface area (Å²) in [6.45, 7) is 0. The molecule has 1 rings (SSSR count). The van der Waals surface area contributed by atoms with Crippen molar-refractivity contribution >= 4 is 29.2 Å². The standard InChI is InChI=1S/C10H11Cl2NO4/c1-17-7-3-5(11)4(8(12)9(7)14)2-6(13)10(15)16/h3,6,14H,2,13H2,1H3,(H,15,16)/t6-/m1/s1. The molecular formula is C10H11Cl2NO4. The smallest absolute Gasteiger partial charge is 0.320 e. The molecule has 0 aliphatic rings. The molecule has 0 heterocycles. The molecule has 0 saturated heterocycles. The normalized spacial score (nSPS) is 12.2. The SMILES string of the molecule is COc1cc(Cl)c(C[C@@H](N)C(=O)O)c(Cl)c1O. The van der Waals surface area contributed by atoms with E-state index in [0.717, 1.165) is 0 Å². The van der Waals surface area contributed by atoms with Crippen molar-refractivity contribution in [2.24, 2.45) is 5.73 Å². The number of halogens is 2. The van der Waals surface area contributed by atoms with E-state index in [1.54, 1.807) is 0 Å². The number of aromatic hydroxyl groups is 1. The topological polar surface area (TPSA) is 92.8 Å². The molecule has 0 aliphatic carbocycles. The number of aliphatic carboxylic acids is 1. The van der Waals surface area contributed by atoms with Crippen LogP contribution in [0.1, 0.15) is 5.56 Å². The van der Waals surface area contributed by atoms with E-state index in [9.17, 15) is 9.90 Å². The number of carbonyl (C=O) groups is 1. The Balaban J connectivity index is 3.17. The van der Waals surface area contributed by atoms with Crippen LogP contribution in [0.3, 0.4) is 0 Å². The molecule has 94 valence electrons. The lowest BCUT2D eigenvalue weighted by Crippen LogP contribution is -2.32. The number of rotatable bonds is 4. The van der Waals surface area contributed by atoms with Crippen molar-refractivity contribution < 1.29 is 19.7 Å². The number of ether oxygens (including phenoxy) is 1. The molecule has 0 amide bonds. The van der Waals surface area contributed by atoms with Crippen LogP contribution in [-0.4, -0.2) is 29.3 Å². The number of carboxylic acid groups (broad SMARTS) is 1. The summed E-state index contributed by atoms with van der Waals surface area (Å²) in [5.74, 6) is -1.34. The first-order valence-electron chi connectivity index (χ1n) is 4.60. The average molecular weight is 280 g/mol. The third-order valence-corrected chi connectivity index (χ3v) is 2.96. The van der Waals surface area contributed by atoms with Gasteiger partial charge in [-0.05, 0) is 5.56 Å². The highest BCUT2D eigenvalue weighted by molar-refractivity contribution is 6.37. The van der Waals surface area contributed by atoms with Crippen molar-refractivity contribution in [3.05, 3.63) is 21.7 Å². The largest absolute Gasteiger partial charge is 0.503 e. The fourth-order valence-corrected chi connectivity index (χ4v) is 1.87. The molecular weight excluding hydrogens is 269 g/mol. The van der Waals surface area contributed by atoms with Crippen molar-refractivity contribution in [2.45, 2.75) is 12.5 Å². The third kappa shape index (κ3) is 2.94. The molecule has 17 heavy (non-hydrogen) atoms. The summed E-state index contributed by atoms with van der Waals surface area (Å²) < 4.78 is 4.85. The van der Waals surface area contributed by atoms with Gasteiger partial charge in [-0.15, -0.1) is 0 Å². The molecule has 0 unspecified atom stereocenters. The van der Waals surface area contributed by atoms with Gasteiger partial charge < -0.3 is 20.7 Å². The molecule has 0 bridgehead atoms. The van der Waals surface area contributed by atoms with Crippen LogP contribution in [0.4, 0.5) is 0 Å². The van der Waals surface area contributed by atoms with Crippen molar-refractivity contribution in [3.63, 3.8) is 0 Å². The van der Waals surface area contributed by atoms with Gasteiger partial charge in [-0.25, -0.2) is 0 Å². The fourth-order valence-electron chi connectivity index (χ4n) is 1.28. The van der Waals surface area contributed by atoms with E-state index in [4.69, 9.17) is 38.8 Å². The number of hydrogen-bond acceptors (Lipinski definition) is 4. The maximum atomic E-state index is 10.6. The minimum Gasteiger partial charge on any atom is -0.503 e. The quantitative estimate of drug-likeness (QED) is 0.780. The monoisotopic (exact) mass is 279 g/mol. The number of benzene rings is 1. The van der Waals surface area contributed by atoms with Crippen LogP contribution in [0.15, 0.2) is 6.07 Å². The number of hydrogen-bond donors (Lipinski definition) is 3. The summed E-state index contributed by atoms with van der Waals surface area (Å²) in [4.78, 5) is 10.6. The Morgan fingerprint density at radius 3 is 2.65 bits per heavy atom. The zero-order valence-corrected chi connectivity index (χ0v) is 10.4. The summed E-state index contributed by atoms with van der Waals surface area (Å²) in [5.41, 5.74) is 5.66.